The number of phenolic OH excluding ortho intramolecular Hbond substituents is 1. The summed E-state index contributed by atoms with van der Waals surface area (Å²) in [7, 11) is 5.50. The van der Waals surface area contributed by atoms with Crippen LogP contribution in [-0.4, -0.2) is 62.3 Å². The van der Waals surface area contributed by atoms with Gasteiger partial charge in [0.05, 0.1) is 23.6 Å². The highest BCUT2D eigenvalue weighted by Gasteiger charge is 2.41. The number of phenols is 1. The molecule has 1 aliphatic rings. The molecule has 0 spiro atoms. The number of rotatable bonds is 7. The van der Waals surface area contributed by atoms with Gasteiger partial charge < -0.3 is 24.4 Å². The summed E-state index contributed by atoms with van der Waals surface area (Å²) < 4.78 is 11.2. The van der Waals surface area contributed by atoms with Crippen LogP contribution >= 0.6 is 11.8 Å². The molecule has 1 N–H and O–H groups in total. The first kappa shape index (κ1) is 24.6. The van der Waals surface area contributed by atoms with Crippen molar-refractivity contribution in [1.82, 2.24) is 4.90 Å². The van der Waals surface area contributed by atoms with E-state index in [1.165, 1.54) is 36.0 Å². The van der Waals surface area contributed by atoms with Crippen LogP contribution in [0.2, 0.25) is 0 Å². The first-order chi connectivity index (χ1) is 16.9. The first-order valence-corrected chi connectivity index (χ1v) is 12.1. The molecule has 35 heavy (non-hydrogen) atoms. The van der Waals surface area contributed by atoms with Gasteiger partial charge in [0.1, 0.15) is 11.5 Å². The number of benzene rings is 3. The zero-order valence-corrected chi connectivity index (χ0v) is 20.7. The number of para-hydroxylation sites is 1. The van der Waals surface area contributed by atoms with Crippen molar-refractivity contribution in [2.45, 2.75) is 16.2 Å². The highest BCUT2D eigenvalue weighted by Crippen LogP contribution is 2.47. The van der Waals surface area contributed by atoms with Crippen molar-refractivity contribution in [1.29, 1.82) is 0 Å². The van der Waals surface area contributed by atoms with Gasteiger partial charge in [-0.3, -0.25) is 4.79 Å². The van der Waals surface area contributed by atoms with Gasteiger partial charge in [-0.15, -0.1) is 11.8 Å². The summed E-state index contributed by atoms with van der Waals surface area (Å²) in [5.74, 6) is -0.161. The smallest absolute Gasteiger partial charge is 0.338 e. The minimum atomic E-state index is -1.07. The van der Waals surface area contributed by atoms with E-state index in [1.807, 2.05) is 67.5 Å². The minimum absolute atomic E-state index is 0.0454. The van der Waals surface area contributed by atoms with Crippen molar-refractivity contribution in [3.8, 4) is 11.5 Å². The lowest BCUT2D eigenvalue weighted by molar-refractivity contribution is -0.127. The third-order valence-corrected chi connectivity index (χ3v) is 7.12. The van der Waals surface area contributed by atoms with Crippen LogP contribution in [0.3, 0.4) is 0 Å². The number of anilines is 1. The molecule has 0 fully saturated rings. The topological polar surface area (TPSA) is 79.3 Å². The molecule has 1 aliphatic heterocycles. The van der Waals surface area contributed by atoms with Gasteiger partial charge in [-0.2, -0.15) is 0 Å². The van der Waals surface area contributed by atoms with Gasteiger partial charge in [0.2, 0.25) is 0 Å². The number of esters is 1. The van der Waals surface area contributed by atoms with Crippen molar-refractivity contribution in [3.05, 3.63) is 83.9 Å². The van der Waals surface area contributed by atoms with Crippen LogP contribution in [0.5, 0.6) is 11.5 Å². The van der Waals surface area contributed by atoms with Gasteiger partial charge in [-0.25, -0.2) is 4.79 Å². The molecular weight excluding hydrogens is 464 g/mol. The van der Waals surface area contributed by atoms with Crippen LogP contribution in [0.15, 0.2) is 77.7 Å². The summed E-state index contributed by atoms with van der Waals surface area (Å²) in [6.07, 6.45) is -1.07. The molecule has 2 atom stereocenters. The Hall–Kier alpha value is -3.49. The van der Waals surface area contributed by atoms with E-state index < -0.39 is 17.3 Å². The van der Waals surface area contributed by atoms with Gasteiger partial charge in [0, 0.05) is 18.0 Å². The number of likely N-dealkylation sites (N-methyl/N-ethyl adjacent to an activating group) is 1. The third kappa shape index (κ3) is 5.61. The van der Waals surface area contributed by atoms with E-state index in [1.54, 1.807) is 12.0 Å². The van der Waals surface area contributed by atoms with E-state index in [0.717, 1.165) is 16.1 Å². The molecule has 2 unspecified atom stereocenters. The number of ether oxygens (including phenoxy) is 2. The predicted octanol–water partition coefficient (Wildman–Crippen LogP) is 4.37. The Morgan fingerprint density at radius 3 is 2.37 bits per heavy atom. The molecule has 0 radical (unpaired) electrons. The van der Waals surface area contributed by atoms with Gasteiger partial charge in [-0.1, -0.05) is 24.3 Å². The highest BCUT2D eigenvalue weighted by molar-refractivity contribution is 7.99. The van der Waals surface area contributed by atoms with E-state index in [0.29, 0.717) is 18.8 Å². The SMILES string of the molecule is COc1ccc(C2Sc3ccccc3N(CCN(C)C)C(=O)C2OC(=O)c2ccc(O)cc2)cc1. The van der Waals surface area contributed by atoms with Gasteiger partial charge >= 0.3 is 5.97 Å². The largest absolute Gasteiger partial charge is 0.508 e. The van der Waals surface area contributed by atoms with Crippen molar-refractivity contribution in [2.75, 3.05) is 39.2 Å². The fourth-order valence-corrected chi connectivity index (χ4v) is 5.16. The highest BCUT2D eigenvalue weighted by atomic mass is 32.2. The van der Waals surface area contributed by atoms with Gasteiger partial charge in [0.15, 0.2) is 6.10 Å². The average Bonchev–Trinajstić information content (AvgIpc) is 2.97. The maximum atomic E-state index is 14.0. The zero-order valence-electron chi connectivity index (χ0n) is 19.9. The Kier molecular flexibility index (Phi) is 7.63. The molecule has 4 rings (SSSR count). The Morgan fingerprint density at radius 2 is 1.71 bits per heavy atom. The number of amides is 1. The Morgan fingerprint density at radius 1 is 1.03 bits per heavy atom. The summed E-state index contributed by atoms with van der Waals surface area (Å²) in [5.41, 5.74) is 1.90. The number of carbonyl (C=O) groups is 2. The fraction of sp³-hybridized carbons (Fsp3) is 0.259. The van der Waals surface area contributed by atoms with E-state index in [-0.39, 0.29) is 17.2 Å². The molecular formula is C27H28N2O5S. The van der Waals surface area contributed by atoms with Crippen molar-refractivity contribution >= 4 is 29.3 Å². The number of hydrogen-bond acceptors (Lipinski definition) is 7. The molecule has 7 nitrogen and oxygen atoms in total. The molecule has 8 heteroatoms. The second-order valence-corrected chi connectivity index (χ2v) is 9.63. The molecule has 0 aromatic heterocycles. The lowest BCUT2D eigenvalue weighted by Crippen LogP contribution is -2.45. The number of nitrogens with zero attached hydrogens (tertiary/aromatic N) is 2. The number of thioether (sulfide) groups is 1. The number of hydrogen-bond donors (Lipinski definition) is 1. The minimum Gasteiger partial charge on any atom is -0.508 e. The summed E-state index contributed by atoms with van der Waals surface area (Å²) in [6, 6.07) is 21.0. The lowest BCUT2D eigenvalue weighted by Gasteiger charge is -2.28. The molecule has 3 aromatic carbocycles. The monoisotopic (exact) mass is 492 g/mol. The molecule has 0 saturated heterocycles. The van der Waals surface area contributed by atoms with Crippen LogP contribution in [-0.2, 0) is 9.53 Å². The molecule has 3 aromatic rings. The average molecular weight is 493 g/mol. The first-order valence-electron chi connectivity index (χ1n) is 11.2. The molecule has 1 amide bonds. The van der Waals surface area contributed by atoms with Gasteiger partial charge in [0.25, 0.3) is 5.91 Å². The van der Waals surface area contributed by atoms with Crippen LogP contribution < -0.4 is 9.64 Å². The third-order valence-electron chi connectivity index (χ3n) is 5.75. The maximum absolute atomic E-state index is 14.0. The molecule has 0 bridgehead atoms. The molecule has 1 heterocycles. The summed E-state index contributed by atoms with van der Waals surface area (Å²) >= 11 is 1.50. The fourth-order valence-electron chi connectivity index (χ4n) is 3.84. The number of aromatic hydroxyl groups is 1. The van der Waals surface area contributed by atoms with E-state index in [2.05, 4.69) is 0 Å². The Labute approximate surface area is 209 Å². The zero-order chi connectivity index (χ0) is 24.9. The standard InChI is InChI=1S/C27H28N2O5S/c1-28(2)16-17-29-22-6-4-5-7-23(22)35-25(18-10-14-21(33-3)15-11-18)24(26(29)31)34-27(32)19-8-12-20(30)13-9-19/h4-15,24-25,30H,16-17H2,1-3H3. The van der Waals surface area contributed by atoms with E-state index in [4.69, 9.17) is 9.47 Å². The number of methoxy groups -OCH3 is 1. The van der Waals surface area contributed by atoms with Crippen LogP contribution in [0.25, 0.3) is 0 Å². The number of carbonyl (C=O) groups excluding carboxylic acids is 2. The number of fused-ring (bicyclic) bond motifs is 1. The Bertz CT molecular complexity index is 1180. The second kappa shape index (κ2) is 10.8. The van der Waals surface area contributed by atoms with E-state index in [9.17, 15) is 14.7 Å². The van der Waals surface area contributed by atoms with Crippen LogP contribution in [0.4, 0.5) is 5.69 Å². The molecule has 0 aliphatic carbocycles. The molecule has 182 valence electrons. The van der Waals surface area contributed by atoms with Crippen LogP contribution in [0, 0.1) is 0 Å². The lowest BCUT2D eigenvalue weighted by atomic mass is 10.1. The van der Waals surface area contributed by atoms with Crippen molar-refractivity contribution < 1.29 is 24.2 Å². The molecule has 0 saturated carbocycles. The van der Waals surface area contributed by atoms with E-state index >= 15 is 0 Å². The normalized spacial score (nSPS) is 17.6. The maximum Gasteiger partial charge on any atom is 0.338 e. The summed E-state index contributed by atoms with van der Waals surface area (Å²) in [6.45, 7) is 1.10. The van der Waals surface area contributed by atoms with Gasteiger partial charge in [-0.05, 0) is 68.2 Å². The van der Waals surface area contributed by atoms with Crippen LogP contribution in [0.1, 0.15) is 21.2 Å². The Balaban J connectivity index is 1.76. The second-order valence-electron chi connectivity index (χ2n) is 8.45. The van der Waals surface area contributed by atoms with Crippen molar-refractivity contribution in [3.63, 3.8) is 0 Å². The van der Waals surface area contributed by atoms with Crippen molar-refractivity contribution in [2.24, 2.45) is 0 Å². The summed E-state index contributed by atoms with van der Waals surface area (Å²) in [5, 5.41) is 9.11. The summed E-state index contributed by atoms with van der Waals surface area (Å²) in [4.78, 5) is 31.7. The quantitative estimate of drug-likeness (QED) is 0.491. The predicted molar refractivity (Wildman–Crippen MR) is 136 cm³/mol.